The molecule has 2 rings (SSSR count). The Morgan fingerprint density at radius 2 is 2.04 bits per heavy atom. The number of unbranched alkanes of at least 4 members (excludes halogenated alkanes) is 1. The number of hydrogen-bond donors (Lipinski definition) is 6. The molecule has 4 unspecified atom stereocenters. The molecule has 4 amide bonds. The lowest BCUT2D eigenvalue weighted by atomic mass is 10.0. The van der Waals surface area contributed by atoms with Gasteiger partial charge in [0.25, 0.3) is 0 Å². The van der Waals surface area contributed by atoms with Gasteiger partial charge in [0.15, 0.2) is 0 Å². The molecule has 0 aliphatic carbocycles. The van der Waals surface area contributed by atoms with Gasteiger partial charge in [0, 0.05) is 36.3 Å². The van der Waals surface area contributed by atoms with E-state index >= 15 is 0 Å². The van der Waals surface area contributed by atoms with E-state index in [-0.39, 0.29) is 29.9 Å². The molecule has 25 heavy (non-hydrogen) atoms. The van der Waals surface area contributed by atoms with Crippen molar-refractivity contribution in [2.75, 3.05) is 24.6 Å². The fraction of sp³-hybridized carbons (Fsp3) is 0.800. The summed E-state index contributed by atoms with van der Waals surface area (Å²) in [4.78, 5) is 34.5. The van der Waals surface area contributed by atoms with Gasteiger partial charge in [0.1, 0.15) is 0 Å². The van der Waals surface area contributed by atoms with Gasteiger partial charge in [-0.3, -0.25) is 9.59 Å². The van der Waals surface area contributed by atoms with Crippen LogP contribution in [0.1, 0.15) is 25.7 Å². The van der Waals surface area contributed by atoms with Crippen molar-refractivity contribution in [2.24, 2.45) is 5.73 Å². The molecule has 142 valence electrons. The molecule has 2 aliphatic heterocycles. The van der Waals surface area contributed by atoms with E-state index in [1.807, 2.05) is 11.8 Å². The van der Waals surface area contributed by atoms with E-state index in [2.05, 4.69) is 33.9 Å². The van der Waals surface area contributed by atoms with Gasteiger partial charge in [-0.1, -0.05) is 6.42 Å². The zero-order valence-electron chi connectivity index (χ0n) is 14.1. The van der Waals surface area contributed by atoms with Gasteiger partial charge in [0.2, 0.25) is 11.8 Å². The molecule has 0 radical (unpaired) electrons. The van der Waals surface area contributed by atoms with Gasteiger partial charge in [-0.15, -0.1) is 0 Å². The van der Waals surface area contributed by atoms with Crippen LogP contribution in [0.25, 0.3) is 0 Å². The minimum atomic E-state index is -0.619. The second-order valence-corrected chi connectivity index (χ2v) is 7.94. The highest BCUT2D eigenvalue weighted by molar-refractivity contribution is 8.00. The molecular formula is C15H27N5O3S2. The summed E-state index contributed by atoms with van der Waals surface area (Å²) in [7, 11) is 0. The zero-order valence-corrected chi connectivity index (χ0v) is 15.8. The average molecular weight is 390 g/mol. The highest BCUT2D eigenvalue weighted by Crippen LogP contribution is 2.33. The lowest BCUT2D eigenvalue weighted by Crippen LogP contribution is -2.44. The SMILES string of the molecule is NC(CS)C(=O)NCCNC(=O)CCCCC1SCC2NC(=O)NC21. The number of nitrogens with one attached hydrogen (secondary N) is 4. The average Bonchev–Trinajstić information content (AvgIpc) is 3.14. The lowest BCUT2D eigenvalue weighted by molar-refractivity contribution is -0.123. The van der Waals surface area contributed by atoms with Crippen LogP contribution >= 0.6 is 24.4 Å². The van der Waals surface area contributed by atoms with Gasteiger partial charge >= 0.3 is 6.03 Å². The molecule has 0 saturated carbocycles. The summed E-state index contributed by atoms with van der Waals surface area (Å²) in [6.07, 6.45) is 3.25. The monoisotopic (exact) mass is 389 g/mol. The Balaban J connectivity index is 1.49. The third-order valence-electron chi connectivity index (χ3n) is 4.36. The Bertz CT molecular complexity index is 494. The van der Waals surface area contributed by atoms with Crippen molar-refractivity contribution in [3.05, 3.63) is 0 Å². The largest absolute Gasteiger partial charge is 0.354 e. The van der Waals surface area contributed by atoms with Crippen molar-refractivity contribution in [3.63, 3.8) is 0 Å². The van der Waals surface area contributed by atoms with Crippen LogP contribution in [0.15, 0.2) is 0 Å². The highest BCUT2D eigenvalue weighted by Gasteiger charge is 2.42. The van der Waals surface area contributed by atoms with Gasteiger partial charge in [-0.25, -0.2) is 4.79 Å². The van der Waals surface area contributed by atoms with Crippen LogP contribution in [0.5, 0.6) is 0 Å². The Morgan fingerprint density at radius 3 is 2.80 bits per heavy atom. The van der Waals surface area contributed by atoms with Crippen LogP contribution in [-0.4, -0.2) is 65.8 Å². The van der Waals surface area contributed by atoms with E-state index in [1.54, 1.807) is 0 Å². The first-order chi connectivity index (χ1) is 12.0. The summed E-state index contributed by atoms with van der Waals surface area (Å²) in [6, 6.07) is -0.218. The highest BCUT2D eigenvalue weighted by atomic mass is 32.2. The van der Waals surface area contributed by atoms with Crippen molar-refractivity contribution in [3.8, 4) is 0 Å². The van der Waals surface area contributed by atoms with Crippen LogP contribution in [0.4, 0.5) is 4.79 Å². The minimum Gasteiger partial charge on any atom is -0.354 e. The molecule has 0 spiro atoms. The Kier molecular flexibility index (Phi) is 8.17. The summed E-state index contributed by atoms with van der Waals surface area (Å²) in [5, 5.41) is 11.8. The first kappa shape index (κ1) is 20.2. The predicted molar refractivity (Wildman–Crippen MR) is 102 cm³/mol. The van der Waals surface area contributed by atoms with E-state index in [0.29, 0.717) is 30.5 Å². The van der Waals surface area contributed by atoms with Crippen molar-refractivity contribution in [1.29, 1.82) is 0 Å². The Labute approximate surface area is 157 Å². The molecule has 6 N–H and O–H groups in total. The number of rotatable bonds is 10. The lowest BCUT2D eigenvalue weighted by Gasteiger charge is -2.16. The first-order valence-electron chi connectivity index (χ1n) is 8.60. The summed E-state index contributed by atoms with van der Waals surface area (Å²) >= 11 is 5.84. The third kappa shape index (κ3) is 6.27. The number of carbonyl (C=O) groups excluding carboxylic acids is 3. The summed E-state index contributed by atoms with van der Waals surface area (Å²) < 4.78 is 0. The van der Waals surface area contributed by atoms with Crippen molar-refractivity contribution in [2.45, 2.75) is 49.1 Å². The smallest absolute Gasteiger partial charge is 0.315 e. The van der Waals surface area contributed by atoms with Crippen LogP contribution in [0, 0.1) is 0 Å². The van der Waals surface area contributed by atoms with Crippen LogP contribution < -0.4 is 27.0 Å². The number of amides is 4. The fourth-order valence-electron chi connectivity index (χ4n) is 2.96. The molecule has 0 bridgehead atoms. The van der Waals surface area contributed by atoms with Gasteiger partial charge in [-0.2, -0.15) is 24.4 Å². The van der Waals surface area contributed by atoms with Crippen molar-refractivity contribution in [1.82, 2.24) is 21.3 Å². The van der Waals surface area contributed by atoms with E-state index in [0.717, 1.165) is 25.0 Å². The number of urea groups is 1. The standard InChI is InChI=1S/C15H27N5O3S2/c16-9(7-24)14(22)18-6-5-17-12(21)4-2-1-3-11-13-10(8-25-11)19-15(23)20-13/h9-11,13,24H,1-8,16H2,(H,17,21)(H,18,22)(H2,19,20,23). The summed E-state index contributed by atoms with van der Waals surface area (Å²) in [5.41, 5.74) is 5.53. The second kappa shape index (κ2) is 10.1. The minimum absolute atomic E-state index is 0.0134. The number of thiol groups is 1. The molecule has 2 fully saturated rings. The van der Waals surface area contributed by atoms with Gasteiger partial charge in [0.05, 0.1) is 18.1 Å². The molecular weight excluding hydrogens is 362 g/mol. The summed E-state index contributed by atoms with van der Waals surface area (Å²) in [5.74, 6) is 0.973. The number of thioether (sulfide) groups is 1. The first-order valence-corrected chi connectivity index (χ1v) is 10.3. The van der Waals surface area contributed by atoms with Gasteiger partial charge < -0.3 is 27.0 Å². The predicted octanol–water partition coefficient (Wildman–Crippen LogP) is -0.798. The molecule has 4 atom stereocenters. The molecule has 8 nitrogen and oxygen atoms in total. The van der Waals surface area contributed by atoms with Crippen molar-refractivity contribution < 1.29 is 14.4 Å². The maximum absolute atomic E-state index is 11.8. The van der Waals surface area contributed by atoms with Crippen LogP contribution in [0.2, 0.25) is 0 Å². The quantitative estimate of drug-likeness (QED) is 0.166. The molecule has 2 saturated heterocycles. The molecule has 0 aromatic rings. The zero-order chi connectivity index (χ0) is 18.2. The number of hydrogen-bond acceptors (Lipinski definition) is 6. The van der Waals surface area contributed by atoms with Gasteiger partial charge in [-0.05, 0) is 12.8 Å². The maximum atomic E-state index is 11.8. The molecule has 2 aliphatic rings. The molecule has 2 heterocycles. The molecule has 0 aromatic heterocycles. The Morgan fingerprint density at radius 1 is 1.28 bits per heavy atom. The number of carbonyl (C=O) groups is 3. The second-order valence-electron chi connectivity index (χ2n) is 6.30. The fourth-order valence-corrected chi connectivity index (χ4v) is 4.67. The molecule has 10 heteroatoms. The normalized spacial score (nSPS) is 25.7. The topological polar surface area (TPSA) is 125 Å². The number of fused-ring (bicyclic) bond motifs is 1. The Hall–Kier alpha value is -1.13. The summed E-state index contributed by atoms with van der Waals surface area (Å²) in [6.45, 7) is 0.754. The van der Waals surface area contributed by atoms with E-state index in [9.17, 15) is 14.4 Å². The number of nitrogens with two attached hydrogens (primary N) is 1. The van der Waals surface area contributed by atoms with E-state index < -0.39 is 6.04 Å². The van der Waals surface area contributed by atoms with Crippen LogP contribution in [0.3, 0.4) is 0 Å². The van der Waals surface area contributed by atoms with E-state index in [1.165, 1.54) is 0 Å². The third-order valence-corrected chi connectivity index (χ3v) is 6.26. The van der Waals surface area contributed by atoms with Crippen molar-refractivity contribution >= 4 is 42.2 Å². The maximum Gasteiger partial charge on any atom is 0.315 e. The molecule has 0 aromatic carbocycles. The van der Waals surface area contributed by atoms with E-state index in [4.69, 9.17) is 5.73 Å². The van der Waals surface area contributed by atoms with Crippen LogP contribution in [-0.2, 0) is 9.59 Å².